The third-order valence-corrected chi connectivity index (χ3v) is 6.30. The number of thioether (sulfide) groups is 1. The van der Waals surface area contributed by atoms with Crippen molar-refractivity contribution in [1.29, 1.82) is 0 Å². The van der Waals surface area contributed by atoms with Crippen LogP contribution in [0.25, 0.3) is 11.4 Å². The fourth-order valence-electron chi connectivity index (χ4n) is 3.72. The van der Waals surface area contributed by atoms with E-state index in [1.807, 2.05) is 61.2 Å². The van der Waals surface area contributed by atoms with Crippen LogP contribution in [0.5, 0.6) is 0 Å². The van der Waals surface area contributed by atoms with Crippen molar-refractivity contribution in [3.63, 3.8) is 0 Å². The number of hydrogen-bond donors (Lipinski definition) is 0. The summed E-state index contributed by atoms with van der Waals surface area (Å²) in [6.07, 6.45) is 0.104. The van der Waals surface area contributed by atoms with Crippen molar-refractivity contribution >= 4 is 29.3 Å². The Bertz CT molecular complexity index is 1020. The summed E-state index contributed by atoms with van der Waals surface area (Å²) in [7, 11) is 0. The molecule has 162 valence electrons. The topological polar surface area (TPSA) is 60.2 Å². The first-order chi connectivity index (χ1) is 15.0. The summed E-state index contributed by atoms with van der Waals surface area (Å²) in [6.45, 7) is 5.86. The minimum Gasteiger partial charge on any atom is -0.372 e. The molecule has 31 heavy (non-hydrogen) atoms. The number of nitrogens with zero attached hydrogens (tertiary/aromatic N) is 4. The summed E-state index contributed by atoms with van der Waals surface area (Å²) in [4.78, 5) is 14.7. The highest BCUT2D eigenvalue weighted by atomic mass is 35.5. The number of ether oxygens (including phenoxy) is 1. The van der Waals surface area contributed by atoms with Crippen molar-refractivity contribution in [1.82, 2.24) is 19.7 Å². The molecule has 0 saturated carbocycles. The summed E-state index contributed by atoms with van der Waals surface area (Å²) in [5, 5.41) is 10.2. The molecule has 0 bridgehead atoms. The van der Waals surface area contributed by atoms with Crippen LogP contribution in [-0.2, 0) is 16.1 Å². The SMILES string of the molecule is C[C@@H]1CN(C(=O)CSc2nnc(-c3ccc(Cl)cc3)n2Cc2ccccc2)C[C@H](C)O1. The molecule has 1 amide bonds. The third kappa shape index (κ3) is 5.47. The van der Waals surface area contributed by atoms with Gasteiger partial charge in [-0.2, -0.15) is 0 Å². The van der Waals surface area contributed by atoms with E-state index in [9.17, 15) is 4.79 Å². The zero-order chi connectivity index (χ0) is 21.8. The summed E-state index contributed by atoms with van der Waals surface area (Å²) >= 11 is 7.48. The largest absolute Gasteiger partial charge is 0.372 e. The smallest absolute Gasteiger partial charge is 0.233 e. The van der Waals surface area contributed by atoms with Gasteiger partial charge in [0, 0.05) is 23.7 Å². The van der Waals surface area contributed by atoms with Crippen LogP contribution in [0.1, 0.15) is 19.4 Å². The molecule has 0 unspecified atom stereocenters. The molecule has 8 heteroatoms. The second-order valence-electron chi connectivity index (χ2n) is 7.73. The minimum absolute atomic E-state index is 0.0518. The van der Waals surface area contributed by atoms with Crippen molar-refractivity contribution in [2.24, 2.45) is 0 Å². The van der Waals surface area contributed by atoms with Gasteiger partial charge in [-0.05, 0) is 43.7 Å². The Morgan fingerprint density at radius 2 is 1.74 bits per heavy atom. The lowest BCUT2D eigenvalue weighted by molar-refractivity contribution is -0.140. The van der Waals surface area contributed by atoms with Gasteiger partial charge < -0.3 is 9.64 Å². The number of rotatable bonds is 6. The Kier molecular flexibility index (Phi) is 6.95. The molecule has 4 rings (SSSR count). The molecule has 2 heterocycles. The second-order valence-corrected chi connectivity index (χ2v) is 9.11. The van der Waals surface area contributed by atoms with Gasteiger partial charge in [0.25, 0.3) is 0 Å². The summed E-state index contributed by atoms with van der Waals surface area (Å²) in [6, 6.07) is 17.7. The number of carbonyl (C=O) groups excluding carboxylic acids is 1. The number of benzene rings is 2. The van der Waals surface area contributed by atoms with Crippen LogP contribution in [-0.4, -0.2) is 56.6 Å². The predicted molar refractivity (Wildman–Crippen MR) is 123 cm³/mol. The van der Waals surface area contributed by atoms with Gasteiger partial charge in [-0.25, -0.2) is 0 Å². The lowest BCUT2D eigenvalue weighted by atomic mass is 10.2. The fourth-order valence-corrected chi connectivity index (χ4v) is 4.68. The zero-order valence-electron chi connectivity index (χ0n) is 17.6. The van der Waals surface area contributed by atoms with E-state index in [2.05, 4.69) is 26.9 Å². The third-order valence-electron chi connectivity index (χ3n) is 5.10. The minimum atomic E-state index is 0.0518. The maximum atomic E-state index is 12.8. The first kappa shape index (κ1) is 21.9. The highest BCUT2D eigenvalue weighted by molar-refractivity contribution is 7.99. The van der Waals surface area contributed by atoms with E-state index in [0.717, 1.165) is 22.1 Å². The lowest BCUT2D eigenvalue weighted by Crippen LogP contribution is -2.48. The standard InChI is InChI=1S/C23H25ClN4O2S/c1-16-12-27(13-17(2)30-16)21(29)15-31-23-26-25-22(19-8-10-20(24)11-9-19)28(23)14-18-6-4-3-5-7-18/h3-11,16-17H,12-15H2,1-2H3/t16-,17+. The lowest BCUT2D eigenvalue weighted by Gasteiger charge is -2.35. The van der Waals surface area contributed by atoms with Crippen LogP contribution >= 0.6 is 23.4 Å². The summed E-state index contributed by atoms with van der Waals surface area (Å²) in [5.41, 5.74) is 2.07. The Hall–Kier alpha value is -2.35. The fraction of sp³-hybridized carbons (Fsp3) is 0.348. The van der Waals surface area contributed by atoms with Gasteiger partial charge >= 0.3 is 0 Å². The number of aromatic nitrogens is 3. The van der Waals surface area contributed by atoms with Gasteiger partial charge in [0.15, 0.2) is 11.0 Å². The van der Waals surface area contributed by atoms with Gasteiger partial charge in [0.1, 0.15) is 0 Å². The molecule has 3 aromatic rings. The van der Waals surface area contributed by atoms with Crippen molar-refractivity contribution in [3.05, 3.63) is 65.2 Å². The molecule has 0 radical (unpaired) electrons. The molecule has 1 saturated heterocycles. The van der Waals surface area contributed by atoms with E-state index in [0.29, 0.717) is 30.4 Å². The molecule has 6 nitrogen and oxygen atoms in total. The molecule has 1 fully saturated rings. The van der Waals surface area contributed by atoms with E-state index in [1.54, 1.807) is 0 Å². The predicted octanol–water partition coefficient (Wildman–Crippen LogP) is 4.37. The molecular formula is C23H25ClN4O2S. The number of carbonyl (C=O) groups is 1. The molecule has 2 aromatic carbocycles. The maximum Gasteiger partial charge on any atom is 0.233 e. The number of hydrogen-bond acceptors (Lipinski definition) is 5. The van der Waals surface area contributed by atoms with Crippen LogP contribution in [0.4, 0.5) is 0 Å². The van der Waals surface area contributed by atoms with Crippen LogP contribution in [0.3, 0.4) is 0 Å². The quantitative estimate of drug-likeness (QED) is 0.515. The first-order valence-corrected chi connectivity index (χ1v) is 11.6. The molecule has 1 aromatic heterocycles. The molecule has 0 spiro atoms. The molecule has 2 atom stereocenters. The van der Waals surface area contributed by atoms with Crippen molar-refractivity contribution in [3.8, 4) is 11.4 Å². The maximum absolute atomic E-state index is 12.8. The van der Waals surface area contributed by atoms with Gasteiger partial charge in [0.2, 0.25) is 5.91 Å². The van der Waals surface area contributed by atoms with Crippen molar-refractivity contribution < 1.29 is 9.53 Å². The van der Waals surface area contributed by atoms with E-state index in [-0.39, 0.29) is 18.1 Å². The molecule has 1 aliphatic rings. The van der Waals surface area contributed by atoms with Gasteiger partial charge in [0.05, 0.1) is 24.5 Å². The highest BCUT2D eigenvalue weighted by Gasteiger charge is 2.26. The van der Waals surface area contributed by atoms with E-state index in [4.69, 9.17) is 16.3 Å². The van der Waals surface area contributed by atoms with Crippen LogP contribution in [0, 0.1) is 0 Å². The van der Waals surface area contributed by atoms with Gasteiger partial charge in [-0.1, -0.05) is 53.7 Å². The summed E-state index contributed by atoms with van der Waals surface area (Å²) in [5.74, 6) is 1.16. The molecule has 0 N–H and O–H groups in total. The highest BCUT2D eigenvalue weighted by Crippen LogP contribution is 2.27. The Morgan fingerprint density at radius 1 is 1.06 bits per heavy atom. The van der Waals surface area contributed by atoms with E-state index >= 15 is 0 Å². The van der Waals surface area contributed by atoms with Crippen LogP contribution in [0.15, 0.2) is 59.8 Å². The van der Waals surface area contributed by atoms with Gasteiger partial charge in [-0.15, -0.1) is 10.2 Å². The van der Waals surface area contributed by atoms with Crippen LogP contribution in [0.2, 0.25) is 5.02 Å². The number of amides is 1. The average Bonchev–Trinajstić information content (AvgIpc) is 3.15. The Labute approximate surface area is 191 Å². The second kappa shape index (κ2) is 9.85. The number of halogens is 1. The van der Waals surface area contributed by atoms with Crippen molar-refractivity contribution in [2.75, 3.05) is 18.8 Å². The first-order valence-electron chi connectivity index (χ1n) is 10.3. The summed E-state index contributed by atoms with van der Waals surface area (Å²) < 4.78 is 7.80. The van der Waals surface area contributed by atoms with E-state index < -0.39 is 0 Å². The zero-order valence-corrected chi connectivity index (χ0v) is 19.1. The molecule has 1 aliphatic heterocycles. The van der Waals surface area contributed by atoms with Crippen molar-refractivity contribution in [2.45, 2.75) is 37.8 Å². The monoisotopic (exact) mass is 456 g/mol. The Morgan fingerprint density at radius 3 is 2.42 bits per heavy atom. The Balaban J connectivity index is 1.55. The number of morpholine rings is 1. The average molecular weight is 457 g/mol. The normalized spacial score (nSPS) is 18.9. The van der Waals surface area contributed by atoms with Crippen LogP contribution < -0.4 is 0 Å². The molecule has 0 aliphatic carbocycles. The van der Waals surface area contributed by atoms with E-state index in [1.165, 1.54) is 11.8 Å². The molecular weight excluding hydrogens is 432 g/mol. The van der Waals surface area contributed by atoms with Gasteiger partial charge in [-0.3, -0.25) is 9.36 Å².